The van der Waals surface area contributed by atoms with Gasteiger partial charge in [0.25, 0.3) is 5.91 Å². The van der Waals surface area contributed by atoms with Crippen LogP contribution in [0.3, 0.4) is 0 Å². The molecule has 4 rings (SSSR count). The van der Waals surface area contributed by atoms with Gasteiger partial charge in [-0.25, -0.2) is 4.98 Å². The SMILES string of the molecule is Cc1cccc(-n2c(C)nc3cc(C(=O)NCc4ccccc4C)ccc32)c1. The van der Waals surface area contributed by atoms with E-state index in [1.165, 1.54) is 11.1 Å². The van der Waals surface area contributed by atoms with Gasteiger partial charge in [-0.15, -0.1) is 0 Å². The Balaban J connectivity index is 1.62. The quantitative estimate of drug-likeness (QED) is 0.557. The van der Waals surface area contributed by atoms with Crippen molar-refractivity contribution in [1.29, 1.82) is 0 Å². The first-order valence-electron chi connectivity index (χ1n) is 9.42. The Kier molecular flexibility index (Phi) is 4.70. The number of imidazole rings is 1. The minimum atomic E-state index is -0.0899. The predicted octanol–water partition coefficient (Wildman–Crippen LogP) is 4.88. The molecule has 1 N–H and O–H groups in total. The maximum absolute atomic E-state index is 12.6. The number of rotatable bonds is 4. The maximum atomic E-state index is 12.6. The molecule has 0 fully saturated rings. The largest absolute Gasteiger partial charge is 0.348 e. The van der Waals surface area contributed by atoms with Crippen molar-refractivity contribution in [3.05, 3.63) is 94.8 Å². The lowest BCUT2D eigenvalue weighted by Gasteiger charge is -2.09. The van der Waals surface area contributed by atoms with Crippen molar-refractivity contribution in [3.63, 3.8) is 0 Å². The molecule has 0 atom stereocenters. The van der Waals surface area contributed by atoms with Gasteiger partial charge in [-0.2, -0.15) is 0 Å². The summed E-state index contributed by atoms with van der Waals surface area (Å²) in [6.45, 7) is 6.63. The van der Waals surface area contributed by atoms with Crippen LogP contribution in [-0.4, -0.2) is 15.5 Å². The number of benzene rings is 3. The molecule has 4 nitrogen and oxygen atoms in total. The molecule has 0 unspecified atom stereocenters. The number of aryl methyl sites for hydroxylation is 3. The highest BCUT2D eigenvalue weighted by Gasteiger charge is 2.13. The van der Waals surface area contributed by atoms with Crippen molar-refractivity contribution in [2.75, 3.05) is 0 Å². The standard InChI is InChI=1S/C24H23N3O/c1-16-7-6-10-21(13-16)27-18(3)26-22-14-19(11-12-23(22)27)24(28)25-15-20-9-5-4-8-17(20)2/h4-14H,15H2,1-3H3,(H,25,28). The number of hydrogen-bond acceptors (Lipinski definition) is 2. The maximum Gasteiger partial charge on any atom is 0.251 e. The molecule has 140 valence electrons. The zero-order valence-corrected chi connectivity index (χ0v) is 16.4. The van der Waals surface area contributed by atoms with Crippen molar-refractivity contribution >= 4 is 16.9 Å². The van der Waals surface area contributed by atoms with Gasteiger partial charge in [0, 0.05) is 17.8 Å². The average Bonchev–Trinajstić information content (AvgIpc) is 3.02. The Morgan fingerprint density at radius 1 is 0.964 bits per heavy atom. The van der Waals surface area contributed by atoms with Crippen LogP contribution in [0.4, 0.5) is 0 Å². The summed E-state index contributed by atoms with van der Waals surface area (Å²) in [6.07, 6.45) is 0. The minimum Gasteiger partial charge on any atom is -0.348 e. The van der Waals surface area contributed by atoms with Crippen molar-refractivity contribution in [1.82, 2.24) is 14.9 Å². The normalized spacial score (nSPS) is 11.0. The van der Waals surface area contributed by atoms with Crippen LogP contribution in [0.15, 0.2) is 66.7 Å². The fraction of sp³-hybridized carbons (Fsp3) is 0.167. The van der Waals surface area contributed by atoms with Crippen molar-refractivity contribution < 1.29 is 4.79 Å². The molecule has 0 aliphatic carbocycles. The predicted molar refractivity (Wildman–Crippen MR) is 113 cm³/mol. The second kappa shape index (κ2) is 7.31. The van der Waals surface area contributed by atoms with Crippen LogP contribution < -0.4 is 5.32 Å². The van der Waals surface area contributed by atoms with E-state index < -0.39 is 0 Å². The third-order valence-electron chi connectivity index (χ3n) is 5.04. The fourth-order valence-electron chi connectivity index (χ4n) is 3.52. The van der Waals surface area contributed by atoms with Crippen LogP contribution in [0.5, 0.6) is 0 Å². The molecule has 0 bridgehead atoms. The van der Waals surface area contributed by atoms with Gasteiger partial charge in [0.2, 0.25) is 0 Å². The Labute approximate surface area is 164 Å². The Morgan fingerprint density at radius 2 is 1.79 bits per heavy atom. The molecule has 4 aromatic rings. The van der Waals surface area contributed by atoms with E-state index in [1.807, 2.05) is 62.4 Å². The van der Waals surface area contributed by atoms with E-state index in [9.17, 15) is 4.79 Å². The summed E-state index contributed by atoms with van der Waals surface area (Å²) in [6, 6.07) is 22.1. The van der Waals surface area contributed by atoms with Crippen molar-refractivity contribution in [3.8, 4) is 5.69 Å². The Hall–Kier alpha value is -3.40. The van der Waals surface area contributed by atoms with E-state index in [0.29, 0.717) is 12.1 Å². The van der Waals surface area contributed by atoms with Gasteiger partial charge in [-0.05, 0) is 67.8 Å². The van der Waals surface area contributed by atoms with Gasteiger partial charge in [-0.1, -0.05) is 36.4 Å². The first-order chi connectivity index (χ1) is 13.5. The third-order valence-corrected chi connectivity index (χ3v) is 5.04. The molecule has 28 heavy (non-hydrogen) atoms. The van der Waals surface area contributed by atoms with Crippen LogP contribution in [0.1, 0.15) is 32.9 Å². The van der Waals surface area contributed by atoms with E-state index in [1.54, 1.807) is 0 Å². The molecule has 0 spiro atoms. The summed E-state index contributed by atoms with van der Waals surface area (Å²) < 4.78 is 2.12. The van der Waals surface area contributed by atoms with Crippen LogP contribution >= 0.6 is 0 Å². The summed E-state index contributed by atoms with van der Waals surface area (Å²) in [5.74, 6) is 0.811. The number of carbonyl (C=O) groups excluding carboxylic acids is 1. The zero-order chi connectivity index (χ0) is 19.7. The van der Waals surface area contributed by atoms with Crippen LogP contribution in [-0.2, 0) is 6.54 Å². The van der Waals surface area contributed by atoms with E-state index in [0.717, 1.165) is 28.1 Å². The number of nitrogens with one attached hydrogen (secondary N) is 1. The highest BCUT2D eigenvalue weighted by Crippen LogP contribution is 2.23. The Morgan fingerprint density at radius 3 is 2.57 bits per heavy atom. The Bertz CT molecular complexity index is 1170. The molecule has 1 amide bonds. The van der Waals surface area contributed by atoms with Crippen molar-refractivity contribution in [2.45, 2.75) is 27.3 Å². The molecule has 0 radical (unpaired) electrons. The summed E-state index contributed by atoms with van der Waals surface area (Å²) in [4.78, 5) is 17.3. The van der Waals surface area contributed by atoms with E-state index in [4.69, 9.17) is 0 Å². The first-order valence-corrected chi connectivity index (χ1v) is 9.42. The first kappa shape index (κ1) is 18.0. The topological polar surface area (TPSA) is 46.9 Å². The van der Waals surface area contributed by atoms with Gasteiger partial charge in [0.15, 0.2) is 0 Å². The van der Waals surface area contributed by atoms with Gasteiger partial charge in [0.1, 0.15) is 5.82 Å². The van der Waals surface area contributed by atoms with Crippen LogP contribution in [0.25, 0.3) is 16.7 Å². The zero-order valence-electron chi connectivity index (χ0n) is 16.4. The third kappa shape index (κ3) is 3.41. The van der Waals surface area contributed by atoms with Gasteiger partial charge >= 0.3 is 0 Å². The number of fused-ring (bicyclic) bond motifs is 1. The average molecular weight is 369 g/mol. The molecule has 1 heterocycles. The number of amides is 1. The number of carbonyl (C=O) groups is 1. The fourth-order valence-corrected chi connectivity index (χ4v) is 3.52. The second-order valence-corrected chi connectivity index (χ2v) is 7.15. The lowest BCUT2D eigenvalue weighted by molar-refractivity contribution is 0.0951. The summed E-state index contributed by atoms with van der Waals surface area (Å²) in [5, 5.41) is 3.01. The van der Waals surface area contributed by atoms with Gasteiger partial charge in [-0.3, -0.25) is 9.36 Å². The van der Waals surface area contributed by atoms with E-state index in [-0.39, 0.29) is 5.91 Å². The molecular formula is C24H23N3O. The smallest absolute Gasteiger partial charge is 0.251 e. The second-order valence-electron chi connectivity index (χ2n) is 7.15. The lowest BCUT2D eigenvalue weighted by atomic mass is 10.1. The molecule has 0 aliphatic heterocycles. The molecule has 4 heteroatoms. The van der Waals surface area contributed by atoms with Crippen LogP contribution in [0, 0.1) is 20.8 Å². The van der Waals surface area contributed by atoms with Gasteiger partial charge in [0.05, 0.1) is 11.0 Å². The minimum absolute atomic E-state index is 0.0899. The van der Waals surface area contributed by atoms with E-state index in [2.05, 4.69) is 40.0 Å². The lowest BCUT2D eigenvalue weighted by Crippen LogP contribution is -2.23. The number of hydrogen-bond donors (Lipinski definition) is 1. The molecule has 0 saturated carbocycles. The van der Waals surface area contributed by atoms with Crippen LogP contribution in [0.2, 0.25) is 0 Å². The van der Waals surface area contributed by atoms with Gasteiger partial charge < -0.3 is 5.32 Å². The molecule has 3 aromatic carbocycles. The molecule has 0 saturated heterocycles. The van der Waals surface area contributed by atoms with Crippen molar-refractivity contribution in [2.24, 2.45) is 0 Å². The highest BCUT2D eigenvalue weighted by molar-refractivity contribution is 5.97. The highest BCUT2D eigenvalue weighted by atomic mass is 16.1. The number of aromatic nitrogens is 2. The summed E-state index contributed by atoms with van der Waals surface area (Å²) >= 11 is 0. The summed E-state index contributed by atoms with van der Waals surface area (Å²) in [7, 11) is 0. The summed E-state index contributed by atoms with van der Waals surface area (Å²) in [5.41, 5.74) is 7.01. The molecule has 0 aliphatic rings. The monoisotopic (exact) mass is 369 g/mol. The van der Waals surface area contributed by atoms with E-state index >= 15 is 0 Å². The number of nitrogens with zero attached hydrogens (tertiary/aromatic N) is 2. The molecule has 1 aromatic heterocycles. The molecular weight excluding hydrogens is 346 g/mol.